The fourth-order valence-corrected chi connectivity index (χ4v) is 6.92. The summed E-state index contributed by atoms with van der Waals surface area (Å²) in [5, 5.41) is 97.2. The van der Waals surface area contributed by atoms with Crippen molar-refractivity contribution in [2.75, 3.05) is 0 Å². The second-order valence-corrected chi connectivity index (χ2v) is 15.0. The number of phenols is 6. The summed E-state index contributed by atoms with van der Waals surface area (Å²) in [6.45, 7) is 15.5. The van der Waals surface area contributed by atoms with Crippen molar-refractivity contribution < 1.29 is 119 Å². The molecule has 0 aromatic heterocycles. The number of aromatic hydroxyl groups is 6. The van der Waals surface area contributed by atoms with Gasteiger partial charge in [0.1, 0.15) is 23.6 Å². The van der Waals surface area contributed by atoms with Crippen molar-refractivity contribution in [3.8, 4) is 45.6 Å². The fraction of sp³-hybridized carbons (Fsp3) is 0.381. The number of hydrogen-bond acceptors (Lipinski definition) is 14. The number of aliphatic imine (C=N–C) groups is 2. The van der Waals surface area contributed by atoms with Crippen LogP contribution in [0.3, 0.4) is 0 Å². The topological polar surface area (TPSA) is 285 Å². The van der Waals surface area contributed by atoms with Gasteiger partial charge in [-0.05, 0) is 75.3 Å². The van der Waals surface area contributed by atoms with Gasteiger partial charge < -0.3 is 61.1 Å². The van der Waals surface area contributed by atoms with Crippen molar-refractivity contribution in [2.45, 2.75) is 105 Å². The summed E-state index contributed by atoms with van der Waals surface area (Å²) in [6, 6.07) is -1.78. The predicted octanol–water partition coefficient (Wildman–Crippen LogP) is -3.11. The van der Waals surface area contributed by atoms with E-state index < -0.39 is 94.3 Å². The van der Waals surface area contributed by atoms with Gasteiger partial charge >= 0.3 is 59.1 Å². The quantitative estimate of drug-likeness (QED) is 0.0377. The Morgan fingerprint density at radius 1 is 0.550 bits per heavy atom. The number of aliphatic carboxylic acids is 2. The van der Waals surface area contributed by atoms with Crippen molar-refractivity contribution >= 4 is 57.7 Å². The second-order valence-electron chi connectivity index (χ2n) is 15.0. The molecule has 0 aliphatic rings. The van der Waals surface area contributed by atoms with Gasteiger partial charge in [-0.2, -0.15) is 0 Å². The summed E-state index contributed by atoms with van der Waals surface area (Å²) in [5.74, 6) is -8.67. The summed E-state index contributed by atoms with van der Waals surface area (Å²) >= 11 is 0. The molecule has 0 spiro atoms. The third-order valence-electron chi connectivity index (χ3n) is 10.0. The molecule has 0 aliphatic carbocycles. The molecule has 16 nitrogen and oxygen atoms in total. The molecule has 4 rings (SSSR count). The number of carbonyl (C=O) groups excluding carboxylic acids is 4. The van der Waals surface area contributed by atoms with Crippen LogP contribution in [0.25, 0.3) is 32.7 Å². The molecular weight excluding hydrogens is 798 g/mol. The number of rotatable bonds is 13. The molecule has 18 heteroatoms. The van der Waals surface area contributed by atoms with Crippen LogP contribution in [0.4, 0.5) is 0 Å². The van der Waals surface area contributed by atoms with E-state index >= 15 is 0 Å². The number of benzene rings is 4. The van der Waals surface area contributed by atoms with E-state index in [2.05, 4.69) is 20.6 Å². The summed E-state index contributed by atoms with van der Waals surface area (Å²) in [6.07, 6.45) is 2.13. The average molecular weight is 847 g/mol. The van der Waals surface area contributed by atoms with Crippen LogP contribution >= 0.6 is 0 Å². The van der Waals surface area contributed by atoms with Crippen LogP contribution < -0.4 is 80.0 Å². The average Bonchev–Trinajstić information content (AvgIpc) is 3.12. The zero-order valence-corrected chi connectivity index (χ0v) is 39.8. The van der Waals surface area contributed by atoms with Crippen LogP contribution in [0.1, 0.15) is 101 Å². The number of nitrogens with zero attached hydrogens (tertiary/aromatic N) is 2. The Morgan fingerprint density at radius 3 is 1.12 bits per heavy atom. The van der Waals surface area contributed by atoms with E-state index in [0.29, 0.717) is 21.9 Å². The van der Waals surface area contributed by atoms with Gasteiger partial charge in [-0.1, -0.05) is 39.8 Å². The van der Waals surface area contributed by atoms with Gasteiger partial charge in [0.15, 0.2) is 23.0 Å². The van der Waals surface area contributed by atoms with Crippen LogP contribution in [0.5, 0.6) is 34.5 Å². The van der Waals surface area contributed by atoms with Gasteiger partial charge in [0.25, 0.3) is 0 Å². The predicted molar refractivity (Wildman–Crippen MR) is 214 cm³/mol. The van der Waals surface area contributed by atoms with Crippen molar-refractivity contribution in [2.24, 2.45) is 9.98 Å². The Bertz CT molecular complexity index is 2260. The summed E-state index contributed by atoms with van der Waals surface area (Å²) in [7, 11) is 0. The van der Waals surface area contributed by atoms with Gasteiger partial charge in [-0.15, -0.1) is 0 Å². The van der Waals surface area contributed by atoms with Crippen LogP contribution in [-0.4, -0.2) is 91.0 Å². The van der Waals surface area contributed by atoms with E-state index in [9.17, 15) is 60.0 Å². The number of nitrogens with one attached hydrogen (secondary N) is 2. The molecule has 4 unspecified atom stereocenters. The van der Waals surface area contributed by atoms with Gasteiger partial charge in [-0.3, -0.25) is 19.6 Å². The van der Waals surface area contributed by atoms with Crippen molar-refractivity contribution in [3.05, 3.63) is 45.5 Å². The van der Waals surface area contributed by atoms with Gasteiger partial charge in [-0.25, -0.2) is 0 Å². The molecule has 2 amide bonds. The second kappa shape index (κ2) is 20.3. The normalized spacial score (nSPS) is 13.6. The molecule has 0 heterocycles. The Balaban J connectivity index is 0.00000620. The largest absolute Gasteiger partial charge is 1.00 e. The first kappa shape index (κ1) is 51.6. The Hall–Kier alpha value is -4.58. The van der Waals surface area contributed by atoms with Crippen LogP contribution in [-0.2, 0) is 19.2 Å². The van der Waals surface area contributed by atoms with E-state index in [1.54, 1.807) is 53.7 Å². The molecule has 0 fully saturated rings. The molecule has 8 N–H and O–H groups in total. The standard InChI is InChI=1S/C42H50N4O12.2Na/c1-15(2)27-23-11-17(5)29(35(49)31(23)25(33(47)37(27)51)13-43-19(7)39(53)45-21(9)41(55)56)30-18(6)12-24-28(16(3)4)38(52)34(48)26(32(24)36(30)50)14-44-20(8)40(54)46-22(10)42(57)58;;/h11-16,19-22,47-52H,1-10H3,(H,45,53)(H,46,54)(H,55,56)(H,57,58);;/q;2*+1/p-2. The van der Waals surface area contributed by atoms with Crippen LogP contribution in [0.15, 0.2) is 22.1 Å². The zero-order valence-electron chi connectivity index (χ0n) is 35.8. The smallest absolute Gasteiger partial charge is 0.548 e. The first-order valence-electron chi connectivity index (χ1n) is 18.5. The maximum Gasteiger partial charge on any atom is 1.00 e. The van der Waals surface area contributed by atoms with E-state index in [4.69, 9.17) is 0 Å². The first-order chi connectivity index (χ1) is 26.9. The van der Waals surface area contributed by atoms with Crippen molar-refractivity contribution in [1.29, 1.82) is 0 Å². The number of carbonyl (C=O) groups is 4. The number of carboxylic acids is 2. The maximum absolute atomic E-state index is 12.7. The Morgan fingerprint density at radius 2 is 0.850 bits per heavy atom. The summed E-state index contributed by atoms with van der Waals surface area (Å²) in [5.41, 5.74) is 1.09. The van der Waals surface area contributed by atoms with Gasteiger partial charge in [0, 0.05) is 56.6 Å². The number of phenolic OH excluding ortho intramolecular Hbond substituents is 6. The minimum atomic E-state index is -1.52. The molecule has 4 atom stereocenters. The molecular formula is C42H48N4Na2O12. The van der Waals surface area contributed by atoms with E-state index in [-0.39, 0.29) is 103 Å². The molecule has 60 heavy (non-hydrogen) atoms. The van der Waals surface area contributed by atoms with Gasteiger partial charge in [0.05, 0.1) is 24.0 Å². The van der Waals surface area contributed by atoms with Crippen LogP contribution in [0.2, 0.25) is 0 Å². The number of hydrogen-bond donors (Lipinski definition) is 8. The molecule has 4 aromatic carbocycles. The maximum atomic E-state index is 12.7. The summed E-state index contributed by atoms with van der Waals surface area (Å²) in [4.78, 5) is 56.2. The SMILES string of the molecule is Cc1cc2c(C(C)C)c(O)c(O)c(C=NC(C)C(=O)NC(C)C(=O)[O-])c2c(O)c1-c1c(C)cc2c(C(C)C)c(O)c(O)c(C=NC(C)C(=O)NC(C)C(=O)[O-])c2c1O.[Na+].[Na+]. The van der Waals surface area contributed by atoms with E-state index in [0.717, 1.165) is 12.4 Å². The van der Waals surface area contributed by atoms with Crippen LogP contribution in [0, 0.1) is 13.8 Å². The first-order valence-corrected chi connectivity index (χ1v) is 18.5. The van der Waals surface area contributed by atoms with Gasteiger partial charge in [0.2, 0.25) is 11.8 Å². The van der Waals surface area contributed by atoms with Crippen molar-refractivity contribution in [1.82, 2.24) is 10.6 Å². The number of amides is 2. The minimum Gasteiger partial charge on any atom is -0.548 e. The molecule has 0 aliphatic heterocycles. The third-order valence-corrected chi connectivity index (χ3v) is 10.0. The molecule has 310 valence electrons. The minimum absolute atomic E-state index is 0. The monoisotopic (exact) mass is 846 g/mol. The third kappa shape index (κ3) is 9.96. The number of aryl methyl sites for hydroxylation is 2. The van der Waals surface area contributed by atoms with Crippen molar-refractivity contribution in [3.63, 3.8) is 0 Å². The molecule has 4 aromatic rings. The number of carboxylic acid groups (broad SMARTS) is 2. The van der Waals surface area contributed by atoms with E-state index in [1.807, 2.05) is 0 Å². The Labute approximate surface area is 391 Å². The molecule has 0 radical (unpaired) electrons. The molecule has 0 saturated heterocycles. The zero-order chi connectivity index (χ0) is 43.8. The van der Waals surface area contributed by atoms with E-state index in [1.165, 1.54) is 27.7 Å². The number of fused-ring (bicyclic) bond motifs is 2. The molecule has 0 bridgehead atoms. The Kier molecular flexibility index (Phi) is 17.5. The fourth-order valence-electron chi connectivity index (χ4n) is 6.92. The summed E-state index contributed by atoms with van der Waals surface area (Å²) < 4.78 is 0. The molecule has 0 saturated carbocycles.